The Hall–Kier alpha value is -0.440. The predicted molar refractivity (Wildman–Crippen MR) is 65.1 cm³/mol. The Kier molecular flexibility index (Phi) is 5.23. The lowest BCUT2D eigenvalue weighted by atomic mass is 10.3. The molecule has 0 atom stereocenters. The highest BCUT2D eigenvalue weighted by Gasteiger charge is 2.01. The molecule has 1 aromatic carbocycles. The van der Waals surface area contributed by atoms with Gasteiger partial charge >= 0.3 is 0 Å². The lowest BCUT2D eigenvalue weighted by Gasteiger charge is -2.11. The molecule has 0 saturated heterocycles. The molecule has 84 valence electrons. The minimum Gasteiger partial charge on any atom is -0.492 e. The fraction of sp³-hybridized carbons (Fsp3) is 0.455. The van der Waals surface area contributed by atoms with Crippen molar-refractivity contribution in [3.8, 4) is 5.75 Å². The summed E-state index contributed by atoms with van der Waals surface area (Å²) in [5, 5.41) is 1.19. The van der Waals surface area contributed by atoms with Gasteiger partial charge in [0.05, 0.1) is 11.6 Å². The van der Waals surface area contributed by atoms with Crippen LogP contribution < -0.4 is 4.74 Å². The highest BCUT2D eigenvalue weighted by molar-refractivity contribution is 6.35. The summed E-state index contributed by atoms with van der Waals surface area (Å²) in [6, 6.07) is 5.25. The molecule has 0 aliphatic heterocycles. The summed E-state index contributed by atoms with van der Waals surface area (Å²) >= 11 is 11.7. The van der Waals surface area contributed by atoms with Gasteiger partial charge in [-0.2, -0.15) is 0 Å². The monoisotopic (exact) mass is 247 g/mol. The van der Waals surface area contributed by atoms with E-state index in [1.807, 2.05) is 14.1 Å². The third-order valence-corrected chi connectivity index (χ3v) is 2.43. The minimum atomic E-state index is 0.562. The molecule has 0 spiro atoms. The molecule has 0 amide bonds. The molecular weight excluding hydrogens is 233 g/mol. The van der Waals surface area contributed by atoms with Crippen LogP contribution in [0.2, 0.25) is 10.0 Å². The third kappa shape index (κ3) is 4.74. The van der Waals surface area contributed by atoms with Gasteiger partial charge in [0.25, 0.3) is 0 Å². The van der Waals surface area contributed by atoms with Crippen LogP contribution in [0.3, 0.4) is 0 Å². The topological polar surface area (TPSA) is 12.5 Å². The van der Waals surface area contributed by atoms with E-state index in [4.69, 9.17) is 27.9 Å². The normalized spacial score (nSPS) is 10.7. The van der Waals surface area contributed by atoms with Crippen LogP contribution in [-0.4, -0.2) is 32.1 Å². The molecule has 0 heterocycles. The molecule has 0 radical (unpaired) electrons. The minimum absolute atomic E-state index is 0.562. The fourth-order valence-corrected chi connectivity index (χ4v) is 1.62. The van der Waals surface area contributed by atoms with E-state index < -0.39 is 0 Å². The van der Waals surface area contributed by atoms with Crippen LogP contribution in [0.15, 0.2) is 18.2 Å². The van der Waals surface area contributed by atoms with E-state index in [1.54, 1.807) is 18.2 Å². The zero-order valence-corrected chi connectivity index (χ0v) is 10.5. The first-order valence-corrected chi connectivity index (χ1v) is 5.58. The van der Waals surface area contributed by atoms with Crippen molar-refractivity contribution in [2.24, 2.45) is 0 Å². The molecule has 2 nitrogen and oxygen atoms in total. The van der Waals surface area contributed by atoms with Gasteiger partial charge in [0, 0.05) is 11.6 Å². The summed E-state index contributed by atoms with van der Waals surface area (Å²) in [6.45, 7) is 1.67. The molecule has 1 aromatic rings. The second-order valence-electron chi connectivity index (χ2n) is 3.58. The summed E-state index contributed by atoms with van der Waals surface area (Å²) in [5.41, 5.74) is 0. The molecule has 0 aromatic heterocycles. The number of hydrogen-bond acceptors (Lipinski definition) is 2. The average Bonchev–Trinajstić information content (AvgIpc) is 2.14. The van der Waals surface area contributed by atoms with Crippen molar-refractivity contribution in [1.29, 1.82) is 0 Å². The number of nitrogens with zero attached hydrogens (tertiary/aromatic N) is 1. The first-order chi connectivity index (χ1) is 7.09. The Morgan fingerprint density at radius 2 is 2.00 bits per heavy atom. The van der Waals surface area contributed by atoms with E-state index in [1.165, 1.54) is 0 Å². The SMILES string of the molecule is CN(C)CCCOc1ccc(Cl)cc1Cl. The van der Waals surface area contributed by atoms with Crippen molar-refractivity contribution >= 4 is 23.2 Å². The van der Waals surface area contributed by atoms with Crippen LogP contribution in [0.25, 0.3) is 0 Å². The molecule has 15 heavy (non-hydrogen) atoms. The van der Waals surface area contributed by atoms with Gasteiger partial charge in [-0.25, -0.2) is 0 Å². The Morgan fingerprint density at radius 1 is 1.27 bits per heavy atom. The number of benzene rings is 1. The van der Waals surface area contributed by atoms with Crippen LogP contribution in [0, 0.1) is 0 Å². The van der Waals surface area contributed by atoms with Gasteiger partial charge in [-0.3, -0.25) is 0 Å². The van der Waals surface area contributed by atoms with E-state index in [0.717, 1.165) is 13.0 Å². The number of hydrogen-bond donors (Lipinski definition) is 0. The first kappa shape index (κ1) is 12.6. The van der Waals surface area contributed by atoms with Crippen LogP contribution in [-0.2, 0) is 0 Å². The van der Waals surface area contributed by atoms with Crippen molar-refractivity contribution in [3.05, 3.63) is 28.2 Å². The lowest BCUT2D eigenvalue weighted by Crippen LogP contribution is -2.15. The summed E-state index contributed by atoms with van der Waals surface area (Å²) in [5.74, 6) is 0.694. The zero-order chi connectivity index (χ0) is 11.3. The Morgan fingerprint density at radius 3 is 2.60 bits per heavy atom. The quantitative estimate of drug-likeness (QED) is 0.741. The maximum Gasteiger partial charge on any atom is 0.137 e. The van der Waals surface area contributed by atoms with Crippen molar-refractivity contribution < 1.29 is 4.74 Å². The van der Waals surface area contributed by atoms with E-state index in [0.29, 0.717) is 22.4 Å². The second-order valence-corrected chi connectivity index (χ2v) is 4.42. The van der Waals surface area contributed by atoms with Gasteiger partial charge < -0.3 is 9.64 Å². The standard InChI is InChI=1S/C11H15Cl2NO/c1-14(2)6-3-7-15-11-5-4-9(12)8-10(11)13/h4-5,8H,3,6-7H2,1-2H3. The molecule has 4 heteroatoms. The summed E-state index contributed by atoms with van der Waals surface area (Å²) in [7, 11) is 4.07. The fourth-order valence-electron chi connectivity index (χ4n) is 1.16. The van der Waals surface area contributed by atoms with Gasteiger partial charge in [0.15, 0.2) is 0 Å². The molecule has 1 rings (SSSR count). The number of ether oxygens (including phenoxy) is 1. The van der Waals surface area contributed by atoms with E-state index in [-0.39, 0.29) is 0 Å². The molecule has 0 bridgehead atoms. The van der Waals surface area contributed by atoms with Crippen molar-refractivity contribution in [1.82, 2.24) is 4.90 Å². The van der Waals surface area contributed by atoms with Gasteiger partial charge in [0.1, 0.15) is 5.75 Å². The van der Waals surface area contributed by atoms with Crippen LogP contribution in [0.5, 0.6) is 5.75 Å². The summed E-state index contributed by atoms with van der Waals surface area (Å²) in [4.78, 5) is 2.12. The van der Waals surface area contributed by atoms with Gasteiger partial charge in [-0.1, -0.05) is 23.2 Å². The Bertz CT molecular complexity index is 315. The molecular formula is C11H15Cl2NO. The molecule has 0 aliphatic rings. The van der Waals surface area contributed by atoms with Crippen molar-refractivity contribution in [2.45, 2.75) is 6.42 Å². The number of rotatable bonds is 5. The molecule has 0 unspecified atom stereocenters. The first-order valence-electron chi connectivity index (χ1n) is 4.82. The van der Waals surface area contributed by atoms with Crippen molar-refractivity contribution in [3.63, 3.8) is 0 Å². The maximum atomic E-state index is 5.95. The van der Waals surface area contributed by atoms with Gasteiger partial charge in [0.2, 0.25) is 0 Å². The third-order valence-electron chi connectivity index (χ3n) is 1.90. The van der Waals surface area contributed by atoms with Crippen LogP contribution >= 0.6 is 23.2 Å². The highest BCUT2D eigenvalue weighted by atomic mass is 35.5. The van der Waals surface area contributed by atoms with Gasteiger partial charge in [-0.05, 0) is 38.7 Å². The van der Waals surface area contributed by atoms with Crippen LogP contribution in [0.4, 0.5) is 0 Å². The molecule has 0 saturated carbocycles. The Balaban J connectivity index is 2.37. The molecule has 0 aliphatic carbocycles. The molecule has 0 N–H and O–H groups in total. The van der Waals surface area contributed by atoms with Crippen molar-refractivity contribution in [2.75, 3.05) is 27.2 Å². The van der Waals surface area contributed by atoms with Gasteiger partial charge in [-0.15, -0.1) is 0 Å². The highest BCUT2D eigenvalue weighted by Crippen LogP contribution is 2.27. The smallest absolute Gasteiger partial charge is 0.137 e. The van der Waals surface area contributed by atoms with E-state index >= 15 is 0 Å². The van der Waals surface area contributed by atoms with E-state index in [9.17, 15) is 0 Å². The predicted octanol–water partition coefficient (Wildman–Crippen LogP) is 3.32. The number of halogens is 2. The Labute approximate surface area is 101 Å². The molecule has 0 fully saturated rings. The van der Waals surface area contributed by atoms with E-state index in [2.05, 4.69) is 4.90 Å². The summed E-state index contributed by atoms with van der Waals surface area (Å²) < 4.78 is 5.52. The average molecular weight is 248 g/mol. The zero-order valence-electron chi connectivity index (χ0n) is 8.96. The summed E-state index contributed by atoms with van der Waals surface area (Å²) in [6.07, 6.45) is 0.978. The second kappa shape index (κ2) is 6.21. The largest absolute Gasteiger partial charge is 0.492 e. The van der Waals surface area contributed by atoms with Crippen LogP contribution in [0.1, 0.15) is 6.42 Å². The maximum absolute atomic E-state index is 5.95. The lowest BCUT2D eigenvalue weighted by molar-refractivity contribution is 0.282.